The average molecular weight is 182 g/mol. The molecule has 4 nitrogen and oxygen atoms in total. The Morgan fingerprint density at radius 1 is 1.69 bits per heavy atom. The molecule has 1 aromatic heterocycles. The molecule has 1 rings (SSSR count). The normalized spacial score (nSPS) is 10.1. The Kier molecular flexibility index (Phi) is 3.08. The summed E-state index contributed by atoms with van der Waals surface area (Å²) in [6, 6.07) is 1.78. The molecule has 72 valence electrons. The Bertz CT molecular complexity index is 305. The van der Waals surface area contributed by atoms with Crippen molar-refractivity contribution in [3.05, 3.63) is 23.5 Å². The van der Waals surface area contributed by atoms with E-state index < -0.39 is 0 Å². The number of carbonyl (C=O) groups is 1. The molecule has 1 aromatic rings. The second kappa shape index (κ2) is 4.09. The fourth-order valence-electron chi connectivity index (χ4n) is 1.36. The number of hydrogen-bond donors (Lipinski definition) is 1. The summed E-state index contributed by atoms with van der Waals surface area (Å²) in [6.07, 6.45) is 2.69. The minimum Gasteiger partial charge on any atom is -0.354 e. The summed E-state index contributed by atoms with van der Waals surface area (Å²) >= 11 is 0. The summed E-state index contributed by atoms with van der Waals surface area (Å²) in [5.41, 5.74) is 3.98. The number of hydroxylamine groups is 1. The van der Waals surface area contributed by atoms with Gasteiger partial charge in [0.25, 0.3) is 5.91 Å². The van der Waals surface area contributed by atoms with Crippen molar-refractivity contribution in [1.29, 1.82) is 0 Å². The fourth-order valence-corrected chi connectivity index (χ4v) is 1.36. The summed E-state index contributed by atoms with van der Waals surface area (Å²) in [5.74, 6) is -0.194. The lowest BCUT2D eigenvalue weighted by molar-refractivity contribution is 0.0536. The largest absolute Gasteiger partial charge is 0.354 e. The van der Waals surface area contributed by atoms with Crippen LogP contribution >= 0.6 is 0 Å². The molecule has 13 heavy (non-hydrogen) atoms. The molecule has 4 heteroatoms. The van der Waals surface area contributed by atoms with Crippen molar-refractivity contribution in [2.24, 2.45) is 7.05 Å². The maximum Gasteiger partial charge on any atom is 0.276 e. The molecule has 0 spiro atoms. The molecule has 0 fully saturated rings. The second-order valence-electron chi connectivity index (χ2n) is 2.78. The number of nitrogens with zero attached hydrogens (tertiary/aromatic N) is 1. The number of aryl methyl sites for hydroxylation is 1. The zero-order valence-electron chi connectivity index (χ0n) is 8.13. The molecule has 0 bridgehead atoms. The highest BCUT2D eigenvalue weighted by Crippen LogP contribution is 2.10. The molecule has 0 unspecified atom stereocenters. The summed E-state index contributed by atoms with van der Waals surface area (Å²) in [4.78, 5) is 15.9. The highest BCUT2D eigenvalue weighted by molar-refractivity contribution is 5.94. The van der Waals surface area contributed by atoms with Gasteiger partial charge in [-0.05, 0) is 12.5 Å². The minimum absolute atomic E-state index is 0.194. The van der Waals surface area contributed by atoms with Crippen LogP contribution in [0, 0.1) is 0 Å². The standard InChI is InChI=1S/C9H14N2O2/c1-4-8-7(5-6-11(8)2)9(12)10-13-3/h5-6H,4H2,1-3H3,(H,10,12). The summed E-state index contributed by atoms with van der Waals surface area (Å²) in [5, 5.41) is 0. The lowest BCUT2D eigenvalue weighted by atomic mass is 10.2. The van der Waals surface area contributed by atoms with E-state index in [2.05, 4.69) is 10.3 Å². The van der Waals surface area contributed by atoms with E-state index in [0.717, 1.165) is 12.1 Å². The van der Waals surface area contributed by atoms with Crippen LogP contribution in [0.1, 0.15) is 23.0 Å². The van der Waals surface area contributed by atoms with Gasteiger partial charge >= 0.3 is 0 Å². The van der Waals surface area contributed by atoms with E-state index in [9.17, 15) is 4.79 Å². The van der Waals surface area contributed by atoms with Gasteiger partial charge in [0.1, 0.15) is 0 Å². The SMILES string of the molecule is CCc1c(C(=O)NOC)ccn1C. The molecule has 0 aliphatic carbocycles. The quantitative estimate of drug-likeness (QED) is 0.705. The zero-order valence-corrected chi connectivity index (χ0v) is 8.13. The molecular formula is C9H14N2O2. The second-order valence-corrected chi connectivity index (χ2v) is 2.78. The van der Waals surface area contributed by atoms with Gasteiger partial charge in [0.05, 0.1) is 12.7 Å². The molecule has 1 amide bonds. The first-order chi connectivity index (χ1) is 6.20. The van der Waals surface area contributed by atoms with Crippen molar-refractivity contribution in [2.45, 2.75) is 13.3 Å². The van der Waals surface area contributed by atoms with E-state index in [1.807, 2.05) is 24.7 Å². The topological polar surface area (TPSA) is 43.3 Å². The Morgan fingerprint density at radius 3 is 2.92 bits per heavy atom. The first-order valence-corrected chi connectivity index (χ1v) is 4.18. The molecule has 0 radical (unpaired) electrons. The fraction of sp³-hybridized carbons (Fsp3) is 0.444. The highest BCUT2D eigenvalue weighted by Gasteiger charge is 2.12. The number of carbonyl (C=O) groups excluding carboxylic acids is 1. The van der Waals surface area contributed by atoms with Crippen molar-refractivity contribution in [1.82, 2.24) is 10.0 Å². The first kappa shape index (κ1) is 9.80. The Labute approximate surface area is 77.5 Å². The first-order valence-electron chi connectivity index (χ1n) is 4.18. The van der Waals surface area contributed by atoms with Gasteiger partial charge < -0.3 is 4.57 Å². The lowest BCUT2D eigenvalue weighted by Gasteiger charge is -2.04. The monoisotopic (exact) mass is 182 g/mol. The predicted molar refractivity (Wildman–Crippen MR) is 49.3 cm³/mol. The van der Waals surface area contributed by atoms with E-state index >= 15 is 0 Å². The van der Waals surface area contributed by atoms with Crippen LogP contribution in [-0.2, 0) is 18.3 Å². The van der Waals surface area contributed by atoms with Crippen LogP contribution in [0.5, 0.6) is 0 Å². The molecule has 0 aromatic carbocycles. The number of rotatable bonds is 3. The lowest BCUT2D eigenvalue weighted by Crippen LogP contribution is -2.22. The van der Waals surface area contributed by atoms with Gasteiger partial charge in [-0.1, -0.05) is 6.92 Å². The third-order valence-corrected chi connectivity index (χ3v) is 1.98. The number of aromatic nitrogens is 1. The molecule has 0 aliphatic rings. The molecule has 0 saturated carbocycles. The molecule has 1 N–H and O–H groups in total. The van der Waals surface area contributed by atoms with Gasteiger partial charge in [-0.3, -0.25) is 9.63 Å². The van der Waals surface area contributed by atoms with Gasteiger partial charge in [-0.2, -0.15) is 0 Å². The maximum absolute atomic E-state index is 11.4. The zero-order chi connectivity index (χ0) is 9.84. The van der Waals surface area contributed by atoms with Crippen molar-refractivity contribution < 1.29 is 9.63 Å². The molecule has 0 aliphatic heterocycles. The summed E-state index contributed by atoms with van der Waals surface area (Å²) in [7, 11) is 3.34. The molecule has 0 saturated heterocycles. The molecule has 1 heterocycles. The maximum atomic E-state index is 11.4. The van der Waals surface area contributed by atoms with Gasteiger partial charge in [-0.15, -0.1) is 0 Å². The van der Waals surface area contributed by atoms with Crippen LogP contribution in [0.25, 0.3) is 0 Å². The van der Waals surface area contributed by atoms with E-state index in [4.69, 9.17) is 0 Å². The number of amides is 1. The number of nitrogens with one attached hydrogen (secondary N) is 1. The molecular weight excluding hydrogens is 168 g/mol. The van der Waals surface area contributed by atoms with E-state index in [0.29, 0.717) is 5.56 Å². The average Bonchev–Trinajstić information content (AvgIpc) is 2.47. The van der Waals surface area contributed by atoms with Gasteiger partial charge in [0.15, 0.2) is 0 Å². The van der Waals surface area contributed by atoms with E-state index in [-0.39, 0.29) is 5.91 Å². The van der Waals surface area contributed by atoms with Crippen LogP contribution in [-0.4, -0.2) is 17.6 Å². The van der Waals surface area contributed by atoms with Crippen molar-refractivity contribution in [2.75, 3.05) is 7.11 Å². The third kappa shape index (κ3) is 1.89. The van der Waals surface area contributed by atoms with Gasteiger partial charge in [0, 0.05) is 18.9 Å². The van der Waals surface area contributed by atoms with E-state index in [1.54, 1.807) is 6.07 Å². The number of hydrogen-bond acceptors (Lipinski definition) is 2. The Morgan fingerprint density at radius 2 is 2.38 bits per heavy atom. The van der Waals surface area contributed by atoms with Crippen LogP contribution in [0.3, 0.4) is 0 Å². The van der Waals surface area contributed by atoms with Gasteiger partial charge in [-0.25, -0.2) is 5.48 Å². The van der Waals surface area contributed by atoms with Crippen molar-refractivity contribution in [3.63, 3.8) is 0 Å². The van der Waals surface area contributed by atoms with Crippen LogP contribution in [0.2, 0.25) is 0 Å². The molecule has 0 atom stereocenters. The Hall–Kier alpha value is -1.29. The van der Waals surface area contributed by atoms with Gasteiger partial charge in [0.2, 0.25) is 0 Å². The van der Waals surface area contributed by atoms with E-state index in [1.165, 1.54) is 7.11 Å². The predicted octanol–water partition coefficient (Wildman–Crippen LogP) is 0.879. The minimum atomic E-state index is -0.194. The smallest absolute Gasteiger partial charge is 0.276 e. The third-order valence-electron chi connectivity index (χ3n) is 1.98. The summed E-state index contributed by atoms with van der Waals surface area (Å²) < 4.78 is 1.94. The van der Waals surface area contributed by atoms with Crippen molar-refractivity contribution in [3.8, 4) is 0 Å². The summed E-state index contributed by atoms with van der Waals surface area (Å²) in [6.45, 7) is 2.01. The highest BCUT2D eigenvalue weighted by atomic mass is 16.6. The Balaban J connectivity index is 2.93. The van der Waals surface area contributed by atoms with Crippen molar-refractivity contribution >= 4 is 5.91 Å². The van der Waals surface area contributed by atoms with Crippen LogP contribution in [0.4, 0.5) is 0 Å². The van der Waals surface area contributed by atoms with Crippen LogP contribution < -0.4 is 5.48 Å². The van der Waals surface area contributed by atoms with Crippen LogP contribution in [0.15, 0.2) is 12.3 Å².